The first kappa shape index (κ1) is 33.4. The second-order valence-corrected chi connectivity index (χ2v) is 12.7. The summed E-state index contributed by atoms with van der Waals surface area (Å²) in [5.74, 6) is -1.33. The molecular weight excluding hydrogens is 592 g/mol. The van der Waals surface area contributed by atoms with Crippen LogP contribution in [0.3, 0.4) is 0 Å². The molecule has 2 aromatic rings. The van der Waals surface area contributed by atoms with Crippen molar-refractivity contribution in [1.29, 1.82) is 0 Å². The lowest BCUT2D eigenvalue weighted by Gasteiger charge is -2.27. The number of rotatable bonds is 7. The topological polar surface area (TPSA) is 145 Å². The molecule has 8 atom stereocenters. The van der Waals surface area contributed by atoms with E-state index in [1.165, 1.54) is 6.08 Å². The first-order valence-corrected chi connectivity index (χ1v) is 16.0. The highest BCUT2D eigenvalue weighted by Gasteiger charge is 2.47. The van der Waals surface area contributed by atoms with Crippen molar-refractivity contribution in [3.63, 3.8) is 0 Å². The standard InChI is InChI=1S/C35H44N2O9/c1-20(2)15-29-35(41)44-26(22(4)31-32(46-31)24-9-6-5-7-10-24)11-8-12-30(38)37-25(33(39)36-18-21(3)34(40)45-29)16-23-13-14-27-28(17-23)43-19-42-27/h5-10,12-14,17,20-22,25-26,29-32,37-38H,11,15-16,18-19H2,1-4H3,(H,36,39)/b12-8+/t21-,22+,25-,26+,29+,30?,31-,32-/m1/s1. The van der Waals surface area contributed by atoms with Crippen molar-refractivity contribution in [2.45, 2.75) is 83.6 Å². The van der Waals surface area contributed by atoms with Crippen molar-refractivity contribution >= 4 is 17.8 Å². The predicted octanol–water partition coefficient (Wildman–Crippen LogP) is 3.59. The van der Waals surface area contributed by atoms with Gasteiger partial charge in [-0.1, -0.05) is 70.2 Å². The second kappa shape index (κ2) is 15.1. The zero-order chi connectivity index (χ0) is 32.8. The van der Waals surface area contributed by atoms with E-state index in [1.54, 1.807) is 25.1 Å². The van der Waals surface area contributed by atoms with Crippen LogP contribution in [0.25, 0.3) is 0 Å². The highest BCUT2D eigenvalue weighted by atomic mass is 16.7. The van der Waals surface area contributed by atoms with E-state index in [4.69, 9.17) is 23.7 Å². The smallest absolute Gasteiger partial charge is 0.347 e. The lowest BCUT2D eigenvalue weighted by molar-refractivity contribution is -0.176. The number of esters is 2. The number of hydrogen-bond acceptors (Lipinski definition) is 10. The normalized spacial score (nSPS) is 30.2. The van der Waals surface area contributed by atoms with Gasteiger partial charge in [-0.25, -0.2) is 4.79 Å². The zero-order valence-electron chi connectivity index (χ0n) is 26.7. The average Bonchev–Trinajstić information content (AvgIpc) is 3.70. The van der Waals surface area contributed by atoms with E-state index in [1.807, 2.05) is 57.2 Å². The van der Waals surface area contributed by atoms with E-state index < -0.39 is 48.2 Å². The van der Waals surface area contributed by atoms with E-state index in [0.717, 1.165) is 11.1 Å². The molecule has 3 aliphatic heterocycles. The van der Waals surface area contributed by atoms with Crippen molar-refractivity contribution in [2.75, 3.05) is 13.3 Å². The van der Waals surface area contributed by atoms with Crippen LogP contribution in [0.4, 0.5) is 0 Å². The van der Waals surface area contributed by atoms with Gasteiger partial charge in [0.05, 0.1) is 18.1 Å². The van der Waals surface area contributed by atoms with E-state index in [2.05, 4.69) is 10.6 Å². The van der Waals surface area contributed by atoms with Gasteiger partial charge >= 0.3 is 11.9 Å². The molecule has 11 nitrogen and oxygen atoms in total. The van der Waals surface area contributed by atoms with E-state index in [0.29, 0.717) is 11.5 Å². The van der Waals surface area contributed by atoms with Crippen LogP contribution in [0, 0.1) is 17.8 Å². The fourth-order valence-electron chi connectivity index (χ4n) is 5.71. The number of aliphatic hydroxyl groups is 1. The molecule has 1 unspecified atom stereocenters. The highest BCUT2D eigenvalue weighted by Crippen LogP contribution is 2.45. The average molecular weight is 637 g/mol. The van der Waals surface area contributed by atoms with E-state index in [-0.39, 0.29) is 56.6 Å². The molecule has 0 aromatic heterocycles. The van der Waals surface area contributed by atoms with Crippen LogP contribution in [0.15, 0.2) is 60.7 Å². The molecule has 1 amide bonds. The molecule has 2 aromatic carbocycles. The number of aliphatic hydroxyl groups excluding tert-OH is 1. The van der Waals surface area contributed by atoms with Gasteiger partial charge in [-0.05, 0) is 48.1 Å². The molecule has 1 saturated heterocycles. The Kier molecular flexibility index (Phi) is 11.0. The Morgan fingerprint density at radius 3 is 2.48 bits per heavy atom. The van der Waals surface area contributed by atoms with Gasteiger partial charge in [-0.3, -0.25) is 14.9 Å². The number of hydrogen-bond donors (Lipinski definition) is 3. The molecule has 3 aliphatic rings. The lowest BCUT2D eigenvalue weighted by Crippen LogP contribution is -2.50. The SMILES string of the molecule is CC(C)C[C@@H]1OC(=O)[C@H](C)CNC(=O)[C@@H](Cc2ccc3c(c2)OCO3)NC(O)/C=C/C[C@@H]([C@H](C)[C@H]2O[C@@H]2c2ccccc2)OC1=O. The van der Waals surface area contributed by atoms with Crippen LogP contribution in [0.1, 0.15) is 57.8 Å². The molecule has 3 N–H and O–H groups in total. The maximum absolute atomic E-state index is 13.5. The minimum atomic E-state index is -1.19. The third kappa shape index (κ3) is 8.65. The first-order chi connectivity index (χ1) is 22.1. The van der Waals surface area contributed by atoms with Crippen molar-refractivity contribution in [3.05, 3.63) is 71.8 Å². The van der Waals surface area contributed by atoms with Crippen LogP contribution in [0.5, 0.6) is 11.5 Å². The molecular formula is C35H44N2O9. The first-order valence-electron chi connectivity index (χ1n) is 16.0. The van der Waals surface area contributed by atoms with Gasteiger partial charge in [-0.15, -0.1) is 0 Å². The van der Waals surface area contributed by atoms with Crippen LogP contribution in [-0.4, -0.2) is 66.9 Å². The largest absolute Gasteiger partial charge is 0.459 e. The number of amides is 1. The fourth-order valence-corrected chi connectivity index (χ4v) is 5.71. The monoisotopic (exact) mass is 636 g/mol. The minimum absolute atomic E-state index is 0.0219. The predicted molar refractivity (Wildman–Crippen MR) is 168 cm³/mol. The Hall–Kier alpha value is -3.93. The summed E-state index contributed by atoms with van der Waals surface area (Å²) in [6.07, 6.45) is 0.840. The number of fused-ring (bicyclic) bond motifs is 1. The lowest BCUT2D eigenvalue weighted by atomic mass is 9.93. The van der Waals surface area contributed by atoms with Crippen molar-refractivity contribution in [3.8, 4) is 11.5 Å². The number of benzene rings is 2. The van der Waals surface area contributed by atoms with Gasteiger partial charge in [0.1, 0.15) is 18.4 Å². The number of carbonyl (C=O) groups excluding carboxylic acids is 3. The molecule has 0 saturated carbocycles. The summed E-state index contributed by atoms with van der Waals surface area (Å²) >= 11 is 0. The van der Waals surface area contributed by atoms with Gasteiger partial charge < -0.3 is 34.1 Å². The molecule has 0 aliphatic carbocycles. The molecule has 3 heterocycles. The molecule has 248 valence electrons. The zero-order valence-corrected chi connectivity index (χ0v) is 26.7. The third-order valence-corrected chi connectivity index (χ3v) is 8.47. The number of ether oxygens (including phenoxy) is 5. The Bertz CT molecular complexity index is 1400. The van der Waals surface area contributed by atoms with Crippen molar-refractivity contribution in [1.82, 2.24) is 10.6 Å². The number of epoxide rings is 1. The van der Waals surface area contributed by atoms with Crippen LogP contribution >= 0.6 is 0 Å². The highest BCUT2D eigenvalue weighted by molar-refractivity contribution is 5.84. The molecule has 0 radical (unpaired) electrons. The third-order valence-electron chi connectivity index (χ3n) is 8.47. The fraction of sp³-hybridized carbons (Fsp3) is 0.514. The summed E-state index contributed by atoms with van der Waals surface area (Å²) in [7, 11) is 0. The maximum atomic E-state index is 13.5. The quantitative estimate of drug-likeness (QED) is 0.234. The number of cyclic esters (lactones) is 2. The Labute approximate surface area is 269 Å². The molecule has 1 fully saturated rings. The summed E-state index contributed by atoms with van der Waals surface area (Å²) in [5.41, 5.74) is 1.84. The summed E-state index contributed by atoms with van der Waals surface area (Å²) in [5, 5.41) is 16.7. The van der Waals surface area contributed by atoms with Crippen LogP contribution < -0.4 is 20.1 Å². The Morgan fingerprint density at radius 1 is 0.957 bits per heavy atom. The number of nitrogens with one attached hydrogen (secondary N) is 2. The summed E-state index contributed by atoms with van der Waals surface area (Å²) < 4.78 is 28.6. The molecule has 0 bridgehead atoms. The van der Waals surface area contributed by atoms with E-state index >= 15 is 0 Å². The Morgan fingerprint density at radius 2 is 1.72 bits per heavy atom. The molecule has 0 spiro atoms. The minimum Gasteiger partial charge on any atom is -0.459 e. The Balaban J connectivity index is 1.36. The molecule has 11 heteroatoms. The number of carbonyl (C=O) groups is 3. The summed E-state index contributed by atoms with van der Waals surface area (Å²) in [4.78, 5) is 40.0. The maximum Gasteiger partial charge on any atom is 0.347 e. The van der Waals surface area contributed by atoms with Crippen LogP contribution in [0.2, 0.25) is 0 Å². The second-order valence-electron chi connectivity index (χ2n) is 12.7. The van der Waals surface area contributed by atoms with Gasteiger partial charge in [0, 0.05) is 18.9 Å². The molecule has 5 rings (SSSR count). The summed E-state index contributed by atoms with van der Waals surface area (Å²) in [6.45, 7) is 7.56. The van der Waals surface area contributed by atoms with Crippen molar-refractivity contribution < 1.29 is 43.2 Å². The van der Waals surface area contributed by atoms with Crippen LogP contribution in [-0.2, 0) is 35.0 Å². The van der Waals surface area contributed by atoms with Gasteiger partial charge in [-0.2, -0.15) is 0 Å². The summed E-state index contributed by atoms with van der Waals surface area (Å²) in [6, 6.07) is 14.4. The van der Waals surface area contributed by atoms with Gasteiger partial charge in [0.25, 0.3) is 0 Å². The molecule has 46 heavy (non-hydrogen) atoms. The van der Waals surface area contributed by atoms with Gasteiger partial charge in [0.15, 0.2) is 17.6 Å². The van der Waals surface area contributed by atoms with Gasteiger partial charge in [0.2, 0.25) is 12.7 Å². The van der Waals surface area contributed by atoms with Crippen molar-refractivity contribution in [2.24, 2.45) is 17.8 Å². The van der Waals surface area contributed by atoms with E-state index in [9.17, 15) is 19.5 Å².